The van der Waals surface area contributed by atoms with Crippen LogP contribution in [0.3, 0.4) is 0 Å². The van der Waals surface area contributed by atoms with E-state index in [0.29, 0.717) is 18.5 Å². The molecule has 0 spiro atoms. The summed E-state index contributed by atoms with van der Waals surface area (Å²) in [6.45, 7) is 0. The van der Waals surface area contributed by atoms with Crippen molar-refractivity contribution in [3.63, 3.8) is 0 Å². The number of nitrogens with zero attached hydrogens (tertiary/aromatic N) is 1. The van der Waals surface area contributed by atoms with Crippen LogP contribution in [-0.4, -0.2) is 28.3 Å². The molecule has 1 aliphatic rings. The minimum atomic E-state index is -4.20. The number of halogens is 3. The molecule has 1 aromatic heterocycles. The van der Waals surface area contributed by atoms with Crippen LogP contribution in [0.2, 0.25) is 0 Å². The molecule has 4 nitrogen and oxygen atoms in total. The molecule has 7 heteroatoms. The van der Waals surface area contributed by atoms with E-state index in [2.05, 4.69) is 15.5 Å². The van der Waals surface area contributed by atoms with Gasteiger partial charge in [-0.2, -0.15) is 18.3 Å². The van der Waals surface area contributed by atoms with Gasteiger partial charge < -0.3 is 5.32 Å². The maximum atomic E-state index is 12.8. The fourth-order valence-corrected chi connectivity index (χ4v) is 3.08. The van der Waals surface area contributed by atoms with Crippen molar-refractivity contribution >= 4 is 5.91 Å². The highest BCUT2D eigenvalue weighted by Gasteiger charge is 2.42. The van der Waals surface area contributed by atoms with Crippen molar-refractivity contribution in [2.75, 3.05) is 0 Å². The average Bonchev–Trinajstić information content (AvgIpc) is 3.05. The molecule has 3 rings (SSSR count). The summed E-state index contributed by atoms with van der Waals surface area (Å²) in [6, 6.07) is 10.5. The molecule has 1 aliphatic carbocycles. The Hall–Kier alpha value is -2.31. The predicted molar refractivity (Wildman–Crippen MR) is 83.3 cm³/mol. The molecule has 24 heavy (non-hydrogen) atoms. The monoisotopic (exact) mass is 337 g/mol. The highest BCUT2D eigenvalue weighted by atomic mass is 19.4. The Morgan fingerprint density at radius 2 is 1.96 bits per heavy atom. The molecule has 1 fully saturated rings. The first-order valence-corrected chi connectivity index (χ1v) is 7.92. The zero-order valence-electron chi connectivity index (χ0n) is 12.9. The number of aromatic nitrogens is 2. The Morgan fingerprint density at radius 1 is 1.21 bits per heavy atom. The van der Waals surface area contributed by atoms with Gasteiger partial charge in [-0.1, -0.05) is 36.8 Å². The smallest absolute Gasteiger partial charge is 0.348 e. The van der Waals surface area contributed by atoms with E-state index >= 15 is 0 Å². The number of rotatable bonds is 3. The molecule has 0 bridgehead atoms. The summed E-state index contributed by atoms with van der Waals surface area (Å²) in [6.07, 6.45) is -3.09. The molecular weight excluding hydrogens is 319 g/mol. The van der Waals surface area contributed by atoms with Crippen molar-refractivity contribution in [2.24, 2.45) is 5.92 Å². The van der Waals surface area contributed by atoms with Crippen LogP contribution < -0.4 is 5.32 Å². The van der Waals surface area contributed by atoms with Gasteiger partial charge in [-0.3, -0.25) is 9.89 Å². The van der Waals surface area contributed by atoms with E-state index in [1.165, 1.54) is 0 Å². The first-order chi connectivity index (χ1) is 11.4. The van der Waals surface area contributed by atoms with Crippen molar-refractivity contribution in [1.29, 1.82) is 0 Å². The fourth-order valence-electron chi connectivity index (χ4n) is 3.08. The number of alkyl halides is 3. The van der Waals surface area contributed by atoms with E-state index < -0.39 is 24.0 Å². The molecule has 0 radical (unpaired) electrons. The molecule has 2 aromatic rings. The van der Waals surface area contributed by atoms with Crippen LogP contribution in [0.25, 0.3) is 11.3 Å². The fraction of sp³-hybridized carbons (Fsp3) is 0.412. The summed E-state index contributed by atoms with van der Waals surface area (Å²) in [5.74, 6) is -1.75. The molecule has 2 N–H and O–H groups in total. The summed E-state index contributed by atoms with van der Waals surface area (Å²) < 4.78 is 38.5. The second-order valence-electron chi connectivity index (χ2n) is 6.11. The molecule has 2 unspecified atom stereocenters. The van der Waals surface area contributed by atoms with E-state index in [-0.39, 0.29) is 18.5 Å². The van der Waals surface area contributed by atoms with Gasteiger partial charge in [-0.05, 0) is 25.3 Å². The molecule has 1 amide bonds. The minimum absolute atomic E-state index is 0.0606. The third kappa shape index (κ3) is 3.77. The molecule has 1 heterocycles. The zero-order chi connectivity index (χ0) is 17.2. The number of H-pyrrole nitrogens is 1. The lowest BCUT2D eigenvalue weighted by Gasteiger charge is -2.30. The minimum Gasteiger partial charge on any atom is -0.348 e. The summed E-state index contributed by atoms with van der Waals surface area (Å²) in [5, 5.41) is 9.43. The second kappa shape index (κ2) is 6.67. The third-order valence-electron chi connectivity index (χ3n) is 4.36. The van der Waals surface area contributed by atoms with Gasteiger partial charge in [0, 0.05) is 11.6 Å². The van der Waals surface area contributed by atoms with Gasteiger partial charge in [0.05, 0.1) is 11.6 Å². The van der Waals surface area contributed by atoms with E-state index in [1.807, 2.05) is 30.3 Å². The first-order valence-electron chi connectivity index (χ1n) is 7.92. The SMILES string of the molecule is O=C(NC1CCCC(C(F)(F)F)C1)c1cc(-c2ccccc2)n[nH]1. The summed E-state index contributed by atoms with van der Waals surface area (Å²) in [5.41, 5.74) is 1.74. The van der Waals surface area contributed by atoms with Crippen molar-refractivity contribution < 1.29 is 18.0 Å². The van der Waals surface area contributed by atoms with Gasteiger partial charge in [0.15, 0.2) is 0 Å². The quantitative estimate of drug-likeness (QED) is 0.892. The highest BCUT2D eigenvalue weighted by molar-refractivity contribution is 5.93. The standard InChI is InChI=1S/C17H18F3N3O/c18-17(19,20)12-7-4-8-13(9-12)21-16(24)15-10-14(22-23-15)11-5-2-1-3-6-11/h1-3,5-6,10,12-13H,4,7-9H2,(H,21,24)(H,22,23). The summed E-state index contributed by atoms with van der Waals surface area (Å²) in [4.78, 5) is 12.3. The lowest BCUT2D eigenvalue weighted by Crippen LogP contribution is -2.41. The van der Waals surface area contributed by atoms with Gasteiger partial charge in [0.25, 0.3) is 5.91 Å². The molecular formula is C17H18F3N3O. The number of aromatic amines is 1. The third-order valence-corrected chi connectivity index (χ3v) is 4.36. The van der Waals surface area contributed by atoms with Gasteiger partial charge >= 0.3 is 6.18 Å². The van der Waals surface area contributed by atoms with Crippen LogP contribution in [0.1, 0.15) is 36.2 Å². The Balaban J connectivity index is 1.64. The van der Waals surface area contributed by atoms with Crippen molar-refractivity contribution in [1.82, 2.24) is 15.5 Å². The van der Waals surface area contributed by atoms with Gasteiger partial charge in [0.1, 0.15) is 5.69 Å². The lowest BCUT2D eigenvalue weighted by atomic mass is 9.85. The number of carbonyl (C=O) groups is 1. The molecule has 1 saturated carbocycles. The Morgan fingerprint density at radius 3 is 2.67 bits per heavy atom. The summed E-state index contributed by atoms with van der Waals surface area (Å²) >= 11 is 0. The highest BCUT2D eigenvalue weighted by Crippen LogP contribution is 2.37. The normalized spacial score (nSPS) is 21.5. The maximum Gasteiger partial charge on any atom is 0.391 e. The van der Waals surface area contributed by atoms with Crippen LogP contribution in [0.15, 0.2) is 36.4 Å². The van der Waals surface area contributed by atoms with Crippen LogP contribution in [0.4, 0.5) is 13.2 Å². The molecule has 128 valence electrons. The molecule has 2 atom stereocenters. The van der Waals surface area contributed by atoms with E-state index in [1.54, 1.807) is 6.07 Å². The number of benzene rings is 1. The lowest BCUT2D eigenvalue weighted by molar-refractivity contribution is -0.183. The van der Waals surface area contributed by atoms with E-state index in [0.717, 1.165) is 5.56 Å². The topological polar surface area (TPSA) is 57.8 Å². The molecule has 0 aliphatic heterocycles. The average molecular weight is 337 g/mol. The van der Waals surface area contributed by atoms with Crippen LogP contribution in [0, 0.1) is 5.92 Å². The van der Waals surface area contributed by atoms with Gasteiger partial charge in [-0.25, -0.2) is 0 Å². The zero-order valence-corrected chi connectivity index (χ0v) is 12.9. The number of amides is 1. The second-order valence-corrected chi connectivity index (χ2v) is 6.11. The predicted octanol–water partition coefficient (Wildman–Crippen LogP) is 3.93. The van der Waals surface area contributed by atoms with Crippen molar-refractivity contribution in [3.05, 3.63) is 42.1 Å². The maximum absolute atomic E-state index is 12.8. The number of hydrogen-bond acceptors (Lipinski definition) is 2. The molecule has 1 aromatic carbocycles. The van der Waals surface area contributed by atoms with Gasteiger partial charge in [0.2, 0.25) is 0 Å². The van der Waals surface area contributed by atoms with Gasteiger partial charge in [-0.15, -0.1) is 0 Å². The Bertz CT molecular complexity index is 697. The van der Waals surface area contributed by atoms with Crippen molar-refractivity contribution in [3.8, 4) is 11.3 Å². The largest absolute Gasteiger partial charge is 0.391 e. The number of carbonyl (C=O) groups excluding carboxylic acids is 1. The van der Waals surface area contributed by atoms with E-state index in [9.17, 15) is 18.0 Å². The Kier molecular flexibility index (Phi) is 4.59. The first kappa shape index (κ1) is 16.5. The van der Waals surface area contributed by atoms with Crippen LogP contribution in [-0.2, 0) is 0 Å². The summed E-state index contributed by atoms with van der Waals surface area (Å²) in [7, 11) is 0. The van der Waals surface area contributed by atoms with Crippen LogP contribution >= 0.6 is 0 Å². The van der Waals surface area contributed by atoms with Crippen molar-refractivity contribution in [2.45, 2.75) is 37.9 Å². The molecule has 0 saturated heterocycles. The van der Waals surface area contributed by atoms with E-state index in [4.69, 9.17) is 0 Å². The van der Waals surface area contributed by atoms with Crippen LogP contribution in [0.5, 0.6) is 0 Å². The Labute approximate surface area is 137 Å². The number of hydrogen-bond donors (Lipinski definition) is 2. The number of nitrogens with one attached hydrogen (secondary N) is 2.